The predicted octanol–water partition coefficient (Wildman–Crippen LogP) is 3.38. The molecule has 2 rings (SSSR count). The maximum absolute atomic E-state index is 10.9. The minimum atomic E-state index is 0.223. The van der Waals surface area contributed by atoms with Crippen molar-refractivity contribution in [3.05, 3.63) is 16.8 Å². The number of carbonyl (C=O) groups excluding carboxylic acids is 1. The van der Waals surface area contributed by atoms with Crippen molar-refractivity contribution < 1.29 is 4.79 Å². The Morgan fingerprint density at radius 3 is 2.88 bits per heavy atom. The molecule has 0 saturated heterocycles. The van der Waals surface area contributed by atoms with Gasteiger partial charge < -0.3 is 0 Å². The second-order valence-electron chi connectivity index (χ2n) is 3.94. The van der Waals surface area contributed by atoms with Gasteiger partial charge in [-0.2, -0.15) is 0 Å². The lowest BCUT2D eigenvalue weighted by atomic mass is 10.2. The van der Waals surface area contributed by atoms with Crippen LogP contribution >= 0.6 is 23.1 Å². The van der Waals surface area contributed by atoms with Gasteiger partial charge >= 0.3 is 0 Å². The van der Waals surface area contributed by atoms with Crippen molar-refractivity contribution in [1.29, 1.82) is 0 Å². The summed E-state index contributed by atoms with van der Waals surface area (Å²) in [5.41, 5.74) is 1.26. The number of carbonyl (C=O) groups is 1. The average Bonchev–Trinajstić information content (AvgIpc) is 2.55. The van der Waals surface area contributed by atoms with Gasteiger partial charge in [-0.05, 0) is 26.3 Å². The number of thioether (sulfide) groups is 1. The van der Waals surface area contributed by atoms with Gasteiger partial charge in [-0.25, -0.2) is 9.97 Å². The van der Waals surface area contributed by atoms with Crippen molar-refractivity contribution in [1.82, 2.24) is 9.97 Å². The summed E-state index contributed by atoms with van der Waals surface area (Å²) in [5, 5.41) is 2.15. The van der Waals surface area contributed by atoms with Crippen LogP contribution in [0.15, 0.2) is 11.4 Å². The van der Waals surface area contributed by atoms with Crippen molar-refractivity contribution in [3.8, 4) is 0 Å². The lowest BCUT2D eigenvalue weighted by Crippen LogP contribution is -1.93. The molecule has 2 aromatic heterocycles. The highest BCUT2D eigenvalue weighted by atomic mass is 32.2. The van der Waals surface area contributed by atoms with E-state index in [0.29, 0.717) is 6.42 Å². The molecule has 2 aromatic rings. The smallest absolute Gasteiger partial charge is 0.130 e. The Hall–Kier alpha value is -0.940. The SMILES string of the molecule is CC(=O)CCSc1ncnc2sc(C)c(C)c12. The van der Waals surface area contributed by atoms with Crippen LogP contribution < -0.4 is 0 Å². The molecule has 0 spiro atoms. The summed E-state index contributed by atoms with van der Waals surface area (Å²) in [4.78, 5) is 21.9. The molecule has 0 fully saturated rings. The van der Waals surface area contributed by atoms with Crippen LogP contribution in [-0.2, 0) is 4.79 Å². The molecule has 17 heavy (non-hydrogen) atoms. The highest BCUT2D eigenvalue weighted by Gasteiger charge is 2.12. The molecule has 0 bridgehead atoms. The van der Waals surface area contributed by atoms with Crippen LogP contribution in [0.25, 0.3) is 10.2 Å². The molecule has 0 N–H and O–H groups in total. The largest absolute Gasteiger partial charge is 0.300 e. The number of nitrogens with zero attached hydrogens (tertiary/aromatic N) is 2. The van der Waals surface area contributed by atoms with E-state index in [9.17, 15) is 4.79 Å². The average molecular weight is 266 g/mol. The summed E-state index contributed by atoms with van der Waals surface area (Å²) < 4.78 is 0. The van der Waals surface area contributed by atoms with Gasteiger partial charge in [-0.15, -0.1) is 23.1 Å². The van der Waals surface area contributed by atoms with Gasteiger partial charge in [0, 0.05) is 22.4 Å². The van der Waals surface area contributed by atoms with Gasteiger partial charge in [0.25, 0.3) is 0 Å². The predicted molar refractivity (Wildman–Crippen MR) is 72.9 cm³/mol. The van der Waals surface area contributed by atoms with E-state index in [1.54, 1.807) is 36.3 Å². The maximum atomic E-state index is 10.9. The van der Waals surface area contributed by atoms with Crippen molar-refractivity contribution in [2.24, 2.45) is 0 Å². The molecule has 90 valence electrons. The number of rotatable bonds is 4. The van der Waals surface area contributed by atoms with Crippen molar-refractivity contribution in [2.45, 2.75) is 32.2 Å². The van der Waals surface area contributed by atoms with E-state index >= 15 is 0 Å². The van der Waals surface area contributed by atoms with E-state index in [2.05, 4.69) is 23.8 Å². The van der Waals surface area contributed by atoms with Crippen LogP contribution in [0.2, 0.25) is 0 Å². The number of aryl methyl sites for hydroxylation is 2. The second-order valence-corrected chi connectivity index (χ2v) is 6.23. The molecule has 0 unspecified atom stereocenters. The Morgan fingerprint density at radius 1 is 1.41 bits per heavy atom. The standard InChI is InChI=1S/C12H14N2OS2/c1-7(15)4-5-16-11-10-8(2)9(3)17-12(10)14-6-13-11/h6H,4-5H2,1-3H3. The minimum Gasteiger partial charge on any atom is -0.300 e. The van der Waals surface area contributed by atoms with Gasteiger partial charge in [-0.3, -0.25) is 4.79 Å². The third-order valence-corrected chi connectivity index (χ3v) is 4.73. The first kappa shape index (κ1) is 12.5. The quantitative estimate of drug-likeness (QED) is 0.628. The van der Waals surface area contributed by atoms with E-state index < -0.39 is 0 Å². The molecule has 3 nitrogen and oxygen atoms in total. The fourth-order valence-electron chi connectivity index (χ4n) is 1.55. The van der Waals surface area contributed by atoms with E-state index in [-0.39, 0.29) is 5.78 Å². The number of aromatic nitrogens is 2. The topological polar surface area (TPSA) is 42.9 Å². The minimum absolute atomic E-state index is 0.223. The van der Waals surface area contributed by atoms with E-state index in [1.807, 2.05) is 0 Å². The van der Waals surface area contributed by atoms with Crippen LogP contribution in [0.5, 0.6) is 0 Å². The Labute approximate surface area is 109 Å². The number of hydrogen-bond donors (Lipinski definition) is 0. The fourth-order valence-corrected chi connectivity index (χ4v) is 3.71. The molecule has 0 aliphatic rings. The molecule has 5 heteroatoms. The highest BCUT2D eigenvalue weighted by Crippen LogP contribution is 2.34. The number of fused-ring (bicyclic) bond motifs is 1. The number of thiophene rings is 1. The lowest BCUT2D eigenvalue weighted by molar-refractivity contribution is -0.116. The van der Waals surface area contributed by atoms with E-state index in [1.165, 1.54) is 10.4 Å². The molecular weight excluding hydrogens is 252 g/mol. The Kier molecular flexibility index (Phi) is 3.79. The molecule has 0 aliphatic heterocycles. The van der Waals surface area contributed by atoms with Gasteiger partial charge in [0.15, 0.2) is 0 Å². The molecule has 0 aromatic carbocycles. The Bertz CT molecular complexity index is 563. The highest BCUT2D eigenvalue weighted by molar-refractivity contribution is 7.99. The molecule has 0 aliphatic carbocycles. The Balaban J connectivity index is 2.30. The van der Waals surface area contributed by atoms with Crippen LogP contribution in [0, 0.1) is 13.8 Å². The second kappa shape index (κ2) is 5.14. The van der Waals surface area contributed by atoms with Gasteiger partial charge in [0.05, 0.1) is 0 Å². The first-order chi connectivity index (χ1) is 8.09. The normalized spacial score (nSPS) is 11.0. The molecular formula is C12H14N2OS2. The lowest BCUT2D eigenvalue weighted by Gasteiger charge is -2.01. The van der Waals surface area contributed by atoms with Crippen LogP contribution in [0.4, 0.5) is 0 Å². The Morgan fingerprint density at radius 2 is 2.18 bits per heavy atom. The number of ketones is 1. The maximum Gasteiger partial charge on any atom is 0.130 e. The summed E-state index contributed by atoms with van der Waals surface area (Å²) in [6.07, 6.45) is 2.20. The summed E-state index contributed by atoms with van der Waals surface area (Å²) in [6.45, 7) is 5.83. The molecule has 0 saturated carbocycles. The summed E-state index contributed by atoms with van der Waals surface area (Å²) in [6, 6.07) is 0. The first-order valence-electron chi connectivity index (χ1n) is 5.42. The number of hydrogen-bond acceptors (Lipinski definition) is 5. The van der Waals surface area contributed by atoms with Gasteiger partial charge in [0.2, 0.25) is 0 Å². The fraction of sp³-hybridized carbons (Fsp3) is 0.417. The first-order valence-corrected chi connectivity index (χ1v) is 7.22. The van der Waals surface area contributed by atoms with Crippen LogP contribution in [-0.4, -0.2) is 21.5 Å². The van der Waals surface area contributed by atoms with Gasteiger partial charge in [0.1, 0.15) is 22.0 Å². The van der Waals surface area contributed by atoms with Crippen LogP contribution in [0.3, 0.4) is 0 Å². The zero-order valence-electron chi connectivity index (χ0n) is 10.1. The molecule has 0 amide bonds. The summed E-state index contributed by atoms with van der Waals surface area (Å²) in [7, 11) is 0. The van der Waals surface area contributed by atoms with Crippen molar-refractivity contribution in [2.75, 3.05) is 5.75 Å². The third-order valence-electron chi connectivity index (χ3n) is 2.62. The van der Waals surface area contributed by atoms with E-state index in [4.69, 9.17) is 0 Å². The molecule has 0 radical (unpaired) electrons. The van der Waals surface area contributed by atoms with Crippen molar-refractivity contribution >= 4 is 39.1 Å². The summed E-state index contributed by atoms with van der Waals surface area (Å²) >= 11 is 3.34. The molecule has 0 atom stereocenters. The monoisotopic (exact) mass is 266 g/mol. The van der Waals surface area contributed by atoms with Gasteiger partial charge in [-0.1, -0.05) is 0 Å². The molecule has 2 heterocycles. The van der Waals surface area contributed by atoms with Crippen LogP contribution in [0.1, 0.15) is 23.8 Å². The van der Waals surface area contributed by atoms with E-state index in [0.717, 1.165) is 21.0 Å². The zero-order chi connectivity index (χ0) is 12.4. The number of Topliss-reactive ketones (excluding diaryl/α,β-unsaturated/α-hetero) is 1. The zero-order valence-corrected chi connectivity index (χ0v) is 11.7. The third kappa shape index (κ3) is 2.66. The summed E-state index contributed by atoms with van der Waals surface area (Å²) in [5.74, 6) is 1.01. The van der Waals surface area contributed by atoms with Crippen molar-refractivity contribution in [3.63, 3.8) is 0 Å².